The van der Waals surface area contributed by atoms with Gasteiger partial charge >= 0.3 is 0 Å². The molecule has 5 nitrogen and oxygen atoms in total. The van der Waals surface area contributed by atoms with Crippen molar-refractivity contribution in [3.63, 3.8) is 0 Å². The highest BCUT2D eigenvalue weighted by molar-refractivity contribution is 7.79. The minimum Gasteiger partial charge on any atom is -0.399 e. The monoisotopic (exact) mass is 335 g/mol. The van der Waals surface area contributed by atoms with Crippen molar-refractivity contribution in [3.05, 3.63) is 29.8 Å². The fraction of sp³-hybridized carbons (Fsp3) is 0.625. The van der Waals surface area contributed by atoms with E-state index in [0.29, 0.717) is 13.1 Å². The Kier molecular flexibility index (Phi) is 37.7. The predicted molar refractivity (Wildman–Crippen MR) is 110 cm³/mol. The maximum absolute atomic E-state index is 5.48. The van der Waals surface area contributed by atoms with Gasteiger partial charge in [0.15, 0.2) is 0 Å². The summed E-state index contributed by atoms with van der Waals surface area (Å²) in [7, 11) is 0. The molecule has 0 amide bonds. The highest BCUT2D eigenvalue weighted by Crippen LogP contribution is 2.04. The Bertz CT molecular complexity index is 270. The van der Waals surface area contributed by atoms with Gasteiger partial charge in [0.25, 0.3) is 0 Å². The van der Waals surface area contributed by atoms with E-state index in [1.807, 2.05) is 19.1 Å². The summed E-state index contributed by atoms with van der Waals surface area (Å²) in [6, 6.07) is 7.96. The Hall–Kier alpha value is -0.790. The highest BCUT2D eigenvalue weighted by Gasteiger charge is 1.85. The van der Waals surface area contributed by atoms with Crippen LogP contribution in [0.25, 0.3) is 0 Å². The van der Waals surface area contributed by atoms with Gasteiger partial charge in [0.2, 0.25) is 0 Å². The molecule has 9 N–H and O–H groups in total. The van der Waals surface area contributed by atoms with Crippen LogP contribution in [0.15, 0.2) is 24.3 Å². The van der Waals surface area contributed by atoms with E-state index < -0.39 is 0 Å². The average Bonchev–Trinajstić information content (AvgIpc) is 2.52. The van der Waals surface area contributed by atoms with Crippen molar-refractivity contribution in [2.24, 2.45) is 17.2 Å². The predicted octanol–water partition coefficient (Wildman–Crippen LogP) is 1.72. The Morgan fingerprint density at radius 3 is 1.59 bits per heavy atom. The van der Waals surface area contributed by atoms with E-state index in [9.17, 15) is 0 Å². The fourth-order valence-electron chi connectivity index (χ4n) is 1.08. The third-order valence-corrected chi connectivity index (χ3v) is 2.03. The lowest BCUT2D eigenvalue weighted by Crippen LogP contribution is -2.27. The first-order valence-corrected chi connectivity index (χ1v) is 8.15. The van der Waals surface area contributed by atoms with Crippen molar-refractivity contribution in [2.45, 2.75) is 27.7 Å². The Balaban J connectivity index is -0.0000000699. The topological polar surface area (TPSA) is 116 Å². The maximum Gasteiger partial charge on any atom is 0.0314 e. The summed E-state index contributed by atoms with van der Waals surface area (Å²) in [6.45, 7) is 7.92. The first-order chi connectivity index (χ1) is 10.2. The number of hydrogen-bond donors (Lipinski definition) is 6. The van der Waals surface area contributed by atoms with E-state index in [-0.39, 0.29) is 8.85 Å². The second kappa shape index (κ2) is 28.4. The van der Waals surface area contributed by atoms with Gasteiger partial charge in [-0.15, -0.1) is 0 Å². The number of nitrogens with two attached hydrogens (primary N) is 4. The van der Waals surface area contributed by atoms with Crippen molar-refractivity contribution in [1.82, 2.24) is 5.32 Å². The Labute approximate surface area is 145 Å². The molecular formula is C16H41N5S. The van der Waals surface area contributed by atoms with Gasteiger partial charge in [0.05, 0.1) is 0 Å². The standard InChI is InChI=1S/C8H11N.C4H13N3.C2H7N.CH4S.CH4.H2/c1-2-7-3-5-8(9)6-4-7;5-1-3-7-4-2-6;1-2-3;1-2;;/h3-6H,2,9H2,1H3;7H,1-6H2;2-3H2,1H3;2H,1H3;1H4;1H. The molecule has 0 aliphatic carbocycles. The van der Waals surface area contributed by atoms with Crippen LogP contribution in [0.2, 0.25) is 0 Å². The number of aryl methyl sites for hydroxylation is 1. The third kappa shape index (κ3) is 27.5. The van der Waals surface area contributed by atoms with Crippen molar-refractivity contribution >= 4 is 18.3 Å². The summed E-state index contributed by atoms with van der Waals surface area (Å²) in [6.07, 6.45) is 2.78. The maximum atomic E-state index is 5.48. The van der Waals surface area contributed by atoms with E-state index in [0.717, 1.165) is 31.7 Å². The van der Waals surface area contributed by atoms with Crippen molar-refractivity contribution < 1.29 is 1.43 Å². The largest absolute Gasteiger partial charge is 0.399 e. The molecule has 0 saturated carbocycles. The lowest BCUT2D eigenvalue weighted by Gasteiger charge is -1.95. The molecule has 1 rings (SSSR count). The van der Waals surface area contributed by atoms with E-state index >= 15 is 0 Å². The molecule has 0 saturated heterocycles. The lowest BCUT2D eigenvalue weighted by atomic mass is 10.2. The van der Waals surface area contributed by atoms with Crippen LogP contribution in [0, 0.1) is 0 Å². The van der Waals surface area contributed by atoms with Crippen LogP contribution in [0.5, 0.6) is 0 Å². The van der Waals surface area contributed by atoms with Gasteiger partial charge in [-0.05, 0) is 36.9 Å². The third-order valence-electron chi connectivity index (χ3n) is 2.03. The summed E-state index contributed by atoms with van der Waals surface area (Å²) < 4.78 is 0. The number of nitrogen functional groups attached to an aromatic ring is 1. The smallest absolute Gasteiger partial charge is 0.0314 e. The molecule has 0 fully saturated rings. The van der Waals surface area contributed by atoms with Crippen molar-refractivity contribution in [1.29, 1.82) is 0 Å². The van der Waals surface area contributed by atoms with Gasteiger partial charge in [0, 0.05) is 33.3 Å². The van der Waals surface area contributed by atoms with Crippen LogP contribution in [0.4, 0.5) is 5.69 Å². The number of rotatable bonds is 5. The molecule has 0 spiro atoms. The van der Waals surface area contributed by atoms with Crippen LogP contribution >= 0.6 is 12.6 Å². The summed E-state index contributed by atoms with van der Waals surface area (Å²) in [4.78, 5) is 0. The van der Waals surface area contributed by atoms with E-state index in [2.05, 4.69) is 37.0 Å². The molecular weight excluding hydrogens is 294 g/mol. The molecule has 6 heteroatoms. The SMILES string of the molecule is C.CCN.CCc1ccc(N)cc1.CS.NCCNCCN.[HH]. The quantitative estimate of drug-likeness (QED) is 0.278. The highest BCUT2D eigenvalue weighted by atomic mass is 32.1. The molecule has 136 valence electrons. The number of nitrogens with one attached hydrogen (secondary N) is 1. The molecule has 22 heavy (non-hydrogen) atoms. The number of anilines is 1. The average molecular weight is 336 g/mol. The molecule has 0 aliphatic rings. The number of benzene rings is 1. The second-order valence-electron chi connectivity index (χ2n) is 3.83. The number of thiol groups is 1. The number of hydrogen-bond acceptors (Lipinski definition) is 6. The van der Waals surface area contributed by atoms with E-state index in [1.165, 1.54) is 5.56 Å². The van der Waals surface area contributed by atoms with Crippen molar-refractivity contribution in [3.8, 4) is 0 Å². The van der Waals surface area contributed by atoms with Crippen LogP contribution in [-0.2, 0) is 6.42 Å². The summed E-state index contributed by atoms with van der Waals surface area (Å²) in [5.74, 6) is 0. The Morgan fingerprint density at radius 1 is 0.955 bits per heavy atom. The molecule has 0 unspecified atom stereocenters. The molecule has 0 atom stereocenters. The van der Waals surface area contributed by atoms with E-state index in [4.69, 9.17) is 22.9 Å². The summed E-state index contributed by atoms with van der Waals surface area (Å²) in [5.41, 5.74) is 22.8. The summed E-state index contributed by atoms with van der Waals surface area (Å²) >= 11 is 3.53. The molecule has 0 heterocycles. The zero-order valence-corrected chi connectivity index (χ0v) is 14.7. The van der Waals surface area contributed by atoms with Gasteiger partial charge in [-0.1, -0.05) is 33.4 Å². The zero-order valence-electron chi connectivity index (χ0n) is 13.8. The Morgan fingerprint density at radius 2 is 1.32 bits per heavy atom. The summed E-state index contributed by atoms with van der Waals surface area (Å²) in [5, 5.41) is 3.03. The van der Waals surface area contributed by atoms with Crippen LogP contribution in [0.3, 0.4) is 0 Å². The fourth-order valence-corrected chi connectivity index (χ4v) is 1.08. The van der Waals surface area contributed by atoms with Crippen LogP contribution in [0.1, 0.15) is 28.3 Å². The van der Waals surface area contributed by atoms with Crippen LogP contribution in [-0.4, -0.2) is 39.0 Å². The van der Waals surface area contributed by atoms with Gasteiger partial charge in [-0.2, -0.15) is 12.6 Å². The van der Waals surface area contributed by atoms with Gasteiger partial charge in [0.1, 0.15) is 0 Å². The molecule has 0 aliphatic heterocycles. The minimum absolute atomic E-state index is 0. The normalized spacial score (nSPS) is 7.95. The van der Waals surface area contributed by atoms with E-state index in [1.54, 1.807) is 6.26 Å². The van der Waals surface area contributed by atoms with Gasteiger partial charge in [-0.3, -0.25) is 0 Å². The van der Waals surface area contributed by atoms with Gasteiger partial charge in [-0.25, -0.2) is 0 Å². The first-order valence-electron chi connectivity index (χ1n) is 7.26. The molecule has 0 bridgehead atoms. The zero-order chi connectivity index (χ0) is 16.9. The van der Waals surface area contributed by atoms with Crippen LogP contribution < -0.4 is 28.3 Å². The van der Waals surface area contributed by atoms with Gasteiger partial charge < -0.3 is 28.3 Å². The van der Waals surface area contributed by atoms with Crippen molar-refractivity contribution in [2.75, 3.05) is 44.7 Å². The second-order valence-corrected chi connectivity index (χ2v) is 3.83. The lowest BCUT2D eigenvalue weighted by molar-refractivity contribution is 0.696. The first kappa shape index (κ1) is 29.2. The molecule has 0 radical (unpaired) electrons. The molecule has 1 aromatic carbocycles. The minimum atomic E-state index is 0. The molecule has 0 aromatic heterocycles. The molecule has 1 aromatic rings.